The summed E-state index contributed by atoms with van der Waals surface area (Å²) in [6.07, 6.45) is 10.5. The summed E-state index contributed by atoms with van der Waals surface area (Å²) in [7, 11) is 5.19. The van der Waals surface area contributed by atoms with Crippen LogP contribution in [0, 0.1) is 17.0 Å². The fraction of sp³-hybridized carbons (Fsp3) is 0.512. The fourth-order valence-electron chi connectivity index (χ4n) is 10.1. The molecule has 2 aromatic carbocycles. The second-order valence-electron chi connectivity index (χ2n) is 16.6. The molecule has 2 saturated carbocycles. The lowest BCUT2D eigenvalue weighted by atomic mass is 9.73. The number of hydrogen-bond donors (Lipinski definition) is 1. The van der Waals surface area contributed by atoms with Crippen molar-refractivity contribution in [1.29, 1.82) is 0 Å². The summed E-state index contributed by atoms with van der Waals surface area (Å²) >= 11 is 0. The van der Waals surface area contributed by atoms with E-state index in [2.05, 4.69) is 19.9 Å². The topological polar surface area (TPSA) is 122 Å². The number of amides is 1. The number of anilines is 1. The zero-order valence-corrected chi connectivity index (χ0v) is 33.1. The third-order valence-electron chi connectivity index (χ3n) is 13.1. The van der Waals surface area contributed by atoms with Crippen molar-refractivity contribution in [3.8, 4) is 23.0 Å². The number of aromatic hydroxyl groups is 1. The number of pyridine rings is 1. The van der Waals surface area contributed by atoms with Crippen molar-refractivity contribution in [3.63, 3.8) is 0 Å². The van der Waals surface area contributed by atoms with Crippen molar-refractivity contribution < 1.29 is 28.2 Å². The van der Waals surface area contributed by atoms with Crippen LogP contribution in [0.5, 0.6) is 11.8 Å². The van der Waals surface area contributed by atoms with Gasteiger partial charge < -0.3 is 24.4 Å². The molecule has 3 aromatic heterocycles. The maximum absolute atomic E-state index is 17.3. The number of nitrogens with zero attached hydrogens (tertiary/aromatic N) is 8. The van der Waals surface area contributed by atoms with Crippen molar-refractivity contribution in [1.82, 2.24) is 34.5 Å². The number of fused-ring (bicyclic) bond motifs is 4. The maximum atomic E-state index is 17.3. The van der Waals surface area contributed by atoms with Gasteiger partial charge in [0.1, 0.15) is 28.6 Å². The summed E-state index contributed by atoms with van der Waals surface area (Å²) in [5.41, 5.74) is 1.79. The lowest BCUT2D eigenvalue weighted by Gasteiger charge is -2.53. The fourth-order valence-corrected chi connectivity index (χ4v) is 10.1. The van der Waals surface area contributed by atoms with Gasteiger partial charge >= 0.3 is 6.01 Å². The first-order chi connectivity index (χ1) is 27.6. The highest BCUT2D eigenvalue weighted by Gasteiger charge is 2.51. The number of carbonyl (C=O) groups is 1. The minimum atomic E-state index is -0.712. The largest absolute Gasteiger partial charge is 0.508 e. The number of methoxy groups -OCH3 is 1. The number of piperidine rings is 1. The first kappa shape index (κ1) is 37.6. The van der Waals surface area contributed by atoms with Gasteiger partial charge in [0.25, 0.3) is 5.91 Å². The van der Waals surface area contributed by atoms with Gasteiger partial charge in [-0.15, -0.1) is 0 Å². The van der Waals surface area contributed by atoms with Gasteiger partial charge in [-0.2, -0.15) is 15.1 Å². The number of likely N-dealkylation sites (tertiary alicyclic amines) is 1. The molecule has 300 valence electrons. The Morgan fingerprint density at radius 2 is 1.88 bits per heavy atom. The van der Waals surface area contributed by atoms with Crippen LogP contribution in [0.4, 0.5) is 14.6 Å². The average Bonchev–Trinajstić information content (AvgIpc) is 3.75. The van der Waals surface area contributed by atoms with E-state index in [1.165, 1.54) is 17.0 Å². The Hall–Kier alpha value is -4.95. The van der Waals surface area contributed by atoms with Crippen molar-refractivity contribution in [2.45, 2.75) is 96.0 Å². The summed E-state index contributed by atoms with van der Waals surface area (Å²) in [6.45, 7) is 4.88. The molecule has 12 nitrogen and oxygen atoms in total. The second-order valence-corrected chi connectivity index (χ2v) is 16.6. The van der Waals surface area contributed by atoms with Crippen LogP contribution in [0.2, 0.25) is 0 Å². The molecule has 0 radical (unpaired) electrons. The molecule has 3 fully saturated rings. The van der Waals surface area contributed by atoms with Gasteiger partial charge in [0.15, 0.2) is 11.5 Å². The monoisotopic (exact) mass is 780 g/mol. The highest BCUT2D eigenvalue weighted by Crippen LogP contribution is 2.50. The molecule has 1 amide bonds. The number of rotatable bonds is 9. The van der Waals surface area contributed by atoms with Crippen LogP contribution in [-0.4, -0.2) is 105 Å². The van der Waals surface area contributed by atoms with E-state index in [1.54, 1.807) is 45.6 Å². The van der Waals surface area contributed by atoms with Crippen LogP contribution >= 0.6 is 0 Å². The van der Waals surface area contributed by atoms with Gasteiger partial charge in [0.2, 0.25) is 0 Å². The molecule has 2 aliphatic carbocycles. The molecule has 2 aliphatic heterocycles. The van der Waals surface area contributed by atoms with Gasteiger partial charge in [-0.05, 0) is 98.5 Å². The standard InChI is InChI=1S/C43H50F2N8O4/c1-5-30-33(44)11-10-25-17-28(54)21-31(36(25)30)38-37(45)39-32(22-46-38)40(51-14-8-16-53-27(23-51)20-34(49-53)41(55)50(2)3)48-42(47-39)57-24-43-12-6-9-35(43)52(15-7-13-43)26-18-29(19-26)56-4/h10-11,17,20-22,26,29,35,54H,5-9,12-16,18-19,23-24H2,1-4H3. The number of aryl methyl sites for hydroxylation is 2. The summed E-state index contributed by atoms with van der Waals surface area (Å²) in [5.74, 6) is -0.918. The van der Waals surface area contributed by atoms with E-state index >= 15 is 8.78 Å². The van der Waals surface area contributed by atoms with E-state index in [1.807, 2.05) is 11.6 Å². The molecule has 14 heteroatoms. The summed E-state index contributed by atoms with van der Waals surface area (Å²) < 4.78 is 46.7. The Morgan fingerprint density at radius 1 is 1.05 bits per heavy atom. The minimum Gasteiger partial charge on any atom is -0.508 e. The summed E-state index contributed by atoms with van der Waals surface area (Å²) in [5, 5.41) is 16.8. The number of aromatic nitrogens is 5. The van der Waals surface area contributed by atoms with Gasteiger partial charge in [0.05, 0.1) is 30.3 Å². The van der Waals surface area contributed by atoms with Crippen molar-refractivity contribution in [3.05, 3.63) is 65.1 Å². The number of hydrogen-bond acceptors (Lipinski definition) is 10. The molecule has 1 N–H and O–H groups in total. The smallest absolute Gasteiger partial charge is 0.319 e. The normalized spacial score (nSPS) is 23.6. The third kappa shape index (κ3) is 6.54. The van der Waals surface area contributed by atoms with E-state index < -0.39 is 11.6 Å². The summed E-state index contributed by atoms with van der Waals surface area (Å²) in [4.78, 5) is 33.6. The van der Waals surface area contributed by atoms with Crippen LogP contribution < -0.4 is 9.64 Å². The van der Waals surface area contributed by atoms with Crippen molar-refractivity contribution in [2.24, 2.45) is 5.41 Å². The molecule has 2 unspecified atom stereocenters. The van der Waals surface area contributed by atoms with Gasteiger partial charge in [0, 0.05) is 63.6 Å². The molecule has 4 aliphatic rings. The number of ether oxygens (including phenoxy) is 2. The number of phenolic OH excluding ortho intramolecular Hbond substituents is 1. The zero-order valence-electron chi connectivity index (χ0n) is 33.1. The number of halogens is 2. The molecular formula is C43H50F2N8O4. The Morgan fingerprint density at radius 3 is 2.67 bits per heavy atom. The SMILES string of the molecule is CCc1c(F)ccc2cc(O)cc(-c3ncc4c(N5CCCn6nc(C(=O)N(C)C)cc6C5)nc(OCC56CCCC5N(C5CC(OC)C5)CCC6)nc4c3F)c12. The second kappa shape index (κ2) is 14.8. The molecule has 5 aromatic rings. The van der Waals surface area contributed by atoms with Crippen LogP contribution in [0.15, 0.2) is 36.5 Å². The van der Waals surface area contributed by atoms with Crippen LogP contribution in [0.3, 0.4) is 0 Å². The Balaban J connectivity index is 1.13. The van der Waals surface area contributed by atoms with E-state index in [4.69, 9.17) is 19.4 Å². The summed E-state index contributed by atoms with van der Waals surface area (Å²) in [6, 6.07) is 8.73. The molecule has 57 heavy (non-hydrogen) atoms. The van der Waals surface area contributed by atoms with Gasteiger partial charge in [-0.1, -0.05) is 19.4 Å². The van der Waals surface area contributed by atoms with E-state index in [0.717, 1.165) is 57.2 Å². The quantitative estimate of drug-likeness (QED) is 0.169. The van der Waals surface area contributed by atoms with Crippen LogP contribution in [0.25, 0.3) is 32.9 Å². The molecule has 5 heterocycles. The predicted molar refractivity (Wildman–Crippen MR) is 212 cm³/mol. The first-order valence-corrected chi connectivity index (χ1v) is 20.3. The lowest BCUT2D eigenvalue weighted by molar-refractivity contribution is -0.0845. The maximum Gasteiger partial charge on any atom is 0.319 e. The Labute approximate surface area is 330 Å². The van der Waals surface area contributed by atoms with E-state index in [9.17, 15) is 9.90 Å². The van der Waals surface area contributed by atoms with Crippen LogP contribution in [-0.2, 0) is 24.2 Å². The zero-order chi connectivity index (χ0) is 39.6. The van der Waals surface area contributed by atoms with E-state index in [-0.39, 0.29) is 39.9 Å². The Bertz CT molecular complexity index is 2360. The van der Waals surface area contributed by atoms with E-state index in [0.29, 0.717) is 90.5 Å². The third-order valence-corrected chi connectivity index (χ3v) is 13.1. The minimum absolute atomic E-state index is 0.0259. The molecule has 9 rings (SSSR count). The Kier molecular flexibility index (Phi) is 9.75. The average molecular weight is 781 g/mol. The molecule has 2 atom stereocenters. The number of benzene rings is 2. The molecule has 0 spiro atoms. The predicted octanol–water partition coefficient (Wildman–Crippen LogP) is 6.89. The highest BCUT2D eigenvalue weighted by molar-refractivity contribution is 6.01. The number of phenols is 1. The lowest BCUT2D eigenvalue weighted by Crippen LogP contribution is -2.59. The van der Waals surface area contributed by atoms with Gasteiger partial charge in [-0.25, -0.2) is 8.78 Å². The van der Waals surface area contributed by atoms with Crippen molar-refractivity contribution in [2.75, 3.05) is 45.8 Å². The number of carbonyl (C=O) groups excluding carboxylic acids is 1. The highest BCUT2D eigenvalue weighted by atomic mass is 19.1. The molecule has 1 saturated heterocycles. The first-order valence-electron chi connectivity index (χ1n) is 20.3. The van der Waals surface area contributed by atoms with Crippen molar-refractivity contribution >= 4 is 33.4 Å². The molecular weight excluding hydrogens is 731 g/mol. The van der Waals surface area contributed by atoms with Gasteiger partial charge in [-0.3, -0.25) is 19.4 Å². The van der Waals surface area contributed by atoms with Crippen LogP contribution in [0.1, 0.15) is 80.0 Å². The molecule has 0 bridgehead atoms.